The van der Waals surface area contributed by atoms with Gasteiger partial charge in [0.15, 0.2) is 0 Å². The molecule has 2 nitrogen and oxygen atoms in total. The molecule has 2 N–H and O–H groups in total. The molecule has 0 saturated carbocycles. The van der Waals surface area contributed by atoms with Crippen molar-refractivity contribution < 1.29 is 5.11 Å². The monoisotopic (exact) mass is 239 g/mol. The van der Waals surface area contributed by atoms with E-state index < -0.39 is 0 Å². The molecule has 0 aliphatic carbocycles. The second kappa shape index (κ2) is 4.46. The van der Waals surface area contributed by atoms with E-state index in [0.29, 0.717) is 5.75 Å². The highest BCUT2D eigenvalue weighted by atomic mass is 16.3. The van der Waals surface area contributed by atoms with Crippen LogP contribution in [-0.2, 0) is 11.8 Å². The van der Waals surface area contributed by atoms with E-state index in [2.05, 4.69) is 41.7 Å². The third-order valence-electron chi connectivity index (χ3n) is 3.77. The second-order valence-electron chi connectivity index (χ2n) is 5.10. The topological polar surface area (TPSA) is 32.3 Å². The summed E-state index contributed by atoms with van der Waals surface area (Å²) in [5, 5.41) is 12.9. The van der Waals surface area contributed by atoms with Gasteiger partial charge in [-0.05, 0) is 29.7 Å². The molecule has 1 saturated heterocycles. The van der Waals surface area contributed by atoms with Gasteiger partial charge in [-0.3, -0.25) is 0 Å². The molecule has 0 amide bonds. The summed E-state index contributed by atoms with van der Waals surface area (Å²) in [4.78, 5) is 0. The van der Waals surface area contributed by atoms with Crippen molar-refractivity contribution in [2.45, 2.75) is 11.8 Å². The van der Waals surface area contributed by atoms with Crippen LogP contribution in [0.4, 0.5) is 0 Å². The molecular weight excluding hydrogens is 222 g/mol. The Bertz CT molecular complexity index is 532. The van der Waals surface area contributed by atoms with Crippen molar-refractivity contribution in [3.05, 3.63) is 65.7 Å². The van der Waals surface area contributed by atoms with Crippen molar-refractivity contribution in [1.29, 1.82) is 0 Å². The number of phenols is 1. The van der Waals surface area contributed by atoms with Gasteiger partial charge in [-0.1, -0.05) is 42.5 Å². The number of phenolic OH excluding ortho intramolecular Hbond substituents is 1. The SMILES string of the molecule is Oc1cccc(CC2(c3ccccc3)CNC2)c1. The van der Waals surface area contributed by atoms with E-state index >= 15 is 0 Å². The van der Waals surface area contributed by atoms with E-state index in [9.17, 15) is 5.11 Å². The highest BCUT2D eigenvalue weighted by Crippen LogP contribution is 2.32. The molecule has 0 unspecified atom stereocenters. The first-order chi connectivity index (χ1) is 8.78. The average Bonchev–Trinajstić information content (AvgIpc) is 2.35. The third kappa shape index (κ3) is 2.00. The summed E-state index contributed by atoms with van der Waals surface area (Å²) in [6.45, 7) is 2.01. The molecule has 0 bridgehead atoms. The van der Waals surface area contributed by atoms with Crippen LogP contribution in [-0.4, -0.2) is 18.2 Å². The summed E-state index contributed by atoms with van der Waals surface area (Å²) < 4.78 is 0. The normalized spacial score (nSPS) is 17.1. The van der Waals surface area contributed by atoms with Crippen molar-refractivity contribution in [2.24, 2.45) is 0 Å². The molecule has 2 aromatic carbocycles. The standard InChI is InChI=1S/C16H17NO/c18-15-8-4-5-13(9-15)10-16(11-17-12-16)14-6-2-1-3-7-14/h1-9,17-18H,10-12H2. The summed E-state index contributed by atoms with van der Waals surface area (Å²) >= 11 is 0. The summed E-state index contributed by atoms with van der Waals surface area (Å²) in [5.41, 5.74) is 2.77. The molecule has 0 atom stereocenters. The third-order valence-corrected chi connectivity index (χ3v) is 3.77. The Labute approximate surface area is 107 Å². The van der Waals surface area contributed by atoms with Gasteiger partial charge in [-0.25, -0.2) is 0 Å². The first-order valence-corrected chi connectivity index (χ1v) is 6.33. The van der Waals surface area contributed by atoms with Crippen LogP contribution in [0.3, 0.4) is 0 Å². The Morgan fingerprint density at radius 1 is 1.00 bits per heavy atom. The smallest absolute Gasteiger partial charge is 0.115 e. The number of nitrogens with one attached hydrogen (secondary N) is 1. The van der Waals surface area contributed by atoms with Gasteiger partial charge in [0.25, 0.3) is 0 Å². The van der Waals surface area contributed by atoms with E-state index in [1.54, 1.807) is 6.07 Å². The molecular formula is C16H17NO. The minimum absolute atomic E-state index is 0.190. The molecule has 0 aromatic heterocycles. The first-order valence-electron chi connectivity index (χ1n) is 6.33. The summed E-state index contributed by atoms with van der Waals surface area (Å²) in [6.07, 6.45) is 0.971. The van der Waals surface area contributed by atoms with Gasteiger partial charge >= 0.3 is 0 Å². The zero-order valence-electron chi connectivity index (χ0n) is 10.3. The van der Waals surface area contributed by atoms with Crippen LogP contribution in [0.2, 0.25) is 0 Å². The minimum Gasteiger partial charge on any atom is -0.508 e. The van der Waals surface area contributed by atoms with Crippen LogP contribution in [0, 0.1) is 0 Å². The van der Waals surface area contributed by atoms with Crippen LogP contribution in [0.1, 0.15) is 11.1 Å². The maximum atomic E-state index is 9.56. The summed E-state index contributed by atoms with van der Waals surface area (Å²) in [6, 6.07) is 18.2. The van der Waals surface area contributed by atoms with E-state index in [1.165, 1.54) is 11.1 Å². The Hall–Kier alpha value is -1.80. The Balaban J connectivity index is 1.89. The Kier molecular flexibility index (Phi) is 2.80. The van der Waals surface area contributed by atoms with E-state index in [4.69, 9.17) is 0 Å². The lowest BCUT2D eigenvalue weighted by molar-refractivity contribution is 0.274. The average molecular weight is 239 g/mol. The molecule has 0 radical (unpaired) electrons. The predicted octanol–water partition coefficient (Wildman–Crippen LogP) is 2.48. The van der Waals surface area contributed by atoms with Crippen LogP contribution in [0.15, 0.2) is 54.6 Å². The zero-order chi connectivity index (χ0) is 12.4. The van der Waals surface area contributed by atoms with Crippen LogP contribution in [0.5, 0.6) is 5.75 Å². The molecule has 1 fully saturated rings. The quantitative estimate of drug-likeness (QED) is 0.862. The maximum absolute atomic E-state index is 9.56. The number of rotatable bonds is 3. The van der Waals surface area contributed by atoms with Crippen molar-refractivity contribution in [3.8, 4) is 5.75 Å². The van der Waals surface area contributed by atoms with E-state index in [0.717, 1.165) is 19.5 Å². The van der Waals surface area contributed by atoms with Crippen LogP contribution in [0.25, 0.3) is 0 Å². The van der Waals surface area contributed by atoms with E-state index in [1.807, 2.05) is 12.1 Å². The fourth-order valence-electron chi connectivity index (χ4n) is 2.71. The van der Waals surface area contributed by atoms with Crippen molar-refractivity contribution >= 4 is 0 Å². The highest BCUT2D eigenvalue weighted by Gasteiger charge is 2.38. The molecule has 0 spiro atoms. The molecule has 2 heteroatoms. The predicted molar refractivity (Wildman–Crippen MR) is 72.8 cm³/mol. The first kappa shape index (κ1) is 11.3. The number of aromatic hydroxyl groups is 1. The fraction of sp³-hybridized carbons (Fsp3) is 0.250. The van der Waals surface area contributed by atoms with Crippen LogP contribution >= 0.6 is 0 Å². The van der Waals surface area contributed by atoms with Crippen molar-refractivity contribution in [2.75, 3.05) is 13.1 Å². The van der Waals surface area contributed by atoms with Gasteiger partial charge < -0.3 is 10.4 Å². The lowest BCUT2D eigenvalue weighted by atomic mass is 9.71. The van der Waals surface area contributed by atoms with Gasteiger partial charge in [0.2, 0.25) is 0 Å². The van der Waals surface area contributed by atoms with Gasteiger partial charge in [0.1, 0.15) is 5.75 Å². The number of benzene rings is 2. The van der Waals surface area contributed by atoms with E-state index in [-0.39, 0.29) is 5.41 Å². The Morgan fingerprint density at radius 3 is 2.39 bits per heavy atom. The molecule has 1 heterocycles. The molecule has 18 heavy (non-hydrogen) atoms. The molecule has 3 rings (SSSR count). The molecule has 92 valence electrons. The number of hydrogen-bond donors (Lipinski definition) is 2. The zero-order valence-corrected chi connectivity index (χ0v) is 10.3. The Morgan fingerprint density at radius 2 is 1.78 bits per heavy atom. The minimum atomic E-state index is 0.190. The largest absolute Gasteiger partial charge is 0.508 e. The lowest BCUT2D eigenvalue weighted by Gasteiger charge is -2.43. The summed E-state index contributed by atoms with van der Waals surface area (Å²) in [5.74, 6) is 0.350. The van der Waals surface area contributed by atoms with Crippen molar-refractivity contribution in [3.63, 3.8) is 0 Å². The van der Waals surface area contributed by atoms with Gasteiger partial charge in [-0.15, -0.1) is 0 Å². The van der Waals surface area contributed by atoms with Crippen molar-refractivity contribution in [1.82, 2.24) is 5.32 Å². The number of hydrogen-bond acceptors (Lipinski definition) is 2. The van der Waals surface area contributed by atoms with Gasteiger partial charge in [0.05, 0.1) is 0 Å². The molecule has 1 aliphatic rings. The highest BCUT2D eigenvalue weighted by molar-refractivity contribution is 5.35. The van der Waals surface area contributed by atoms with Crippen LogP contribution < -0.4 is 5.32 Å². The molecule has 1 aliphatic heterocycles. The summed E-state index contributed by atoms with van der Waals surface area (Å²) in [7, 11) is 0. The molecule has 2 aromatic rings. The van der Waals surface area contributed by atoms with Gasteiger partial charge in [0, 0.05) is 18.5 Å². The second-order valence-corrected chi connectivity index (χ2v) is 5.10. The fourth-order valence-corrected chi connectivity index (χ4v) is 2.71. The maximum Gasteiger partial charge on any atom is 0.115 e. The van der Waals surface area contributed by atoms with Gasteiger partial charge in [-0.2, -0.15) is 0 Å². The lowest BCUT2D eigenvalue weighted by Crippen LogP contribution is -2.58.